The molecular weight excluding hydrogens is 294 g/mol. The van der Waals surface area contributed by atoms with E-state index < -0.39 is 10.8 Å². The van der Waals surface area contributed by atoms with Crippen LogP contribution in [-0.2, 0) is 10.8 Å². The highest BCUT2D eigenvalue weighted by Crippen LogP contribution is 2.22. The summed E-state index contributed by atoms with van der Waals surface area (Å²) in [5.74, 6) is 2.65. The van der Waals surface area contributed by atoms with E-state index in [0.29, 0.717) is 11.4 Å². The van der Waals surface area contributed by atoms with Gasteiger partial charge in [-0.2, -0.15) is 11.8 Å². The van der Waals surface area contributed by atoms with E-state index in [0.717, 1.165) is 20.9 Å². The van der Waals surface area contributed by atoms with Gasteiger partial charge in [-0.3, -0.25) is 4.21 Å². The van der Waals surface area contributed by atoms with Crippen LogP contribution in [0, 0.1) is 0 Å². The van der Waals surface area contributed by atoms with Crippen LogP contribution in [0.2, 0.25) is 0 Å². The van der Waals surface area contributed by atoms with Crippen molar-refractivity contribution in [3.05, 3.63) is 22.7 Å². The molecule has 15 heavy (non-hydrogen) atoms. The minimum absolute atomic E-state index is 0.601. The first-order valence-electron chi connectivity index (χ1n) is 4.66. The zero-order chi connectivity index (χ0) is 11.3. The van der Waals surface area contributed by atoms with Gasteiger partial charge in [0, 0.05) is 21.7 Å². The largest absolute Gasteiger partial charge is 0.398 e. The smallest absolute Gasteiger partial charge is 0.0618 e. The minimum Gasteiger partial charge on any atom is -0.398 e. The fourth-order valence-electron chi connectivity index (χ4n) is 1.12. The van der Waals surface area contributed by atoms with Crippen LogP contribution in [0.5, 0.6) is 0 Å². The molecule has 1 aromatic rings. The van der Waals surface area contributed by atoms with Gasteiger partial charge in [0.2, 0.25) is 0 Å². The average molecular weight is 308 g/mol. The summed E-state index contributed by atoms with van der Waals surface area (Å²) in [6.07, 6.45) is 0. The summed E-state index contributed by atoms with van der Waals surface area (Å²) in [4.78, 5) is 0.745. The van der Waals surface area contributed by atoms with Crippen molar-refractivity contribution in [1.82, 2.24) is 0 Å². The molecular formula is C10H14BrNOS2. The first-order chi connectivity index (χ1) is 7.15. The number of hydrogen-bond donors (Lipinski definition) is 1. The molecule has 0 aliphatic heterocycles. The van der Waals surface area contributed by atoms with Gasteiger partial charge in [0.25, 0.3) is 0 Å². The van der Waals surface area contributed by atoms with Gasteiger partial charge in [-0.25, -0.2) is 0 Å². The second-order valence-corrected chi connectivity index (χ2v) is 6.78. The summed E-state index contributed by atoms with van der Waals surface area (Å²) < 4.78 is 12.8. The Balaban J connectivity index is 2.65. The number of benzene rings is 1. The molecule has 0 heterocycles. The predicted molar refractivity (Wildman–Crippen MR) is 72.8 cm³/mol. The summed E-state index contributed by atoms with van der Waals surface area (Å²) in [6, 6.07) is 5.49. The lowest BCUT2D eigenvalue weighted by molar-refractivity contribution is 0.684. The maximum absolute atomic E-state index is 11.9. The summed E-state index contributed by atoms with van der Waals surface area (Å²) >= 11 is 5.12. The predicted octanol–water partition coefficient (Wildman–Crippen LogP) is 2.89. The summed E-state index contributed by atoms with van der Waals surface area (Å²) in [5.41, 5.74) is 6.40. The number of rotatable bonds is 5. The highest BCUT2D eigenvalue weighted by molar-refractivity contribution is 9.10. The van der Waals surface area contributed by atoms with Gasteiger partial charge in [-0.15, -0.1) is 0 Å². The number of nitrogens with two attached hydrogens (primary N) is 1. The Hall–Kier alpha value is -0.000000000000000111. The molecule has 1 rings (SSSR count). The van der Waals surface area contributed by atoms with Gasteiger partial charge in [-0.05, 0) is 24.0 Å². The van der Waals surface area contributed by atoms with Gasteiger partial charge in [0.15, 0.2) is 0 Å². The maximum atomic E-state index is 11.9. The Kier molecular flexibility index (Phi) is 5.71. The highest BCUT2D eigenvalue weighted by atomic mass is 79.9. The Bertz CT molecular complexity index is 357. The second-order valence-electron chi connectivity index (χ2n) is 2.93. The van der Waals surface area contributed by atoms with E-state index in [9.17, 15) is 4.21 Å². The third-order valence-electron chi connectivity index (χ3n) is 1.83. The SMILES string of the molecule is CCSCCS(=O)c1ccc(Br)cc1N. The third kappa shape index (κ3) is 4.17. The van der Waals surface area contributed by atoms with E-state index in [1.807, 2.05) is 12.1 Å². The third-order valence-corrected chi connectivity index (χ3v) is 4.92. The molecule has 0 saturated heterocycles. The van der Waals surface area contributed by atoms with Crippen molar-refractivity contribution in [2.24, 2.45) is 0 Å². The van der Waals surface area contributed by atoms with E-state index in [-0.39, 0.29) is 0 Å². The molecule has 0 aliphatic carbocycles. The second kappa shape index (κ2) is 6.55. The van der Waals surface area contributed by atoms with Crippen molar-refractivity contribution >= 4 is 44.2 Å². The molecule has 84 valence electrons. The van der Waals surface area contributed by atoms with Crippen LogP contribution in [0.15, 0.2) is 27.6 Å². The molecule has 1 unspecified atom stereocenters. The molecule has 0 radical (unpaired) electrons. The average Bonchev–Trinajstić information content (AvgIpc) is 2.17. The molecule has 1 atom stereocenters. The Morgan fingerprint density at radius 1 is 1.53 bits per heavy atom. The summed E-state index contributed by atoms with van der Waals surface area (Å²) in [7, 11) is -0.971. The normalized spacial score (nSPS) is 12.7. The molecule has 5 heteroatoms. The van der Waals surface area contributed by atoms with Crippen molar-refractivity contribution in [3.63, 3.8) is 0 Å². The summed E-state index contributed by atoms with van der Waals surface area (Å²) in [6.45, 7) is 2.10. The Morgan fingerprint density at radius 2 is 2.27 bits per heavy atom. The lowest BCUT2D eigenvalue weighted by Gasteiger charge is -2.05. The van der Waals surface area contributed by atoms with E-state index >= 15 is 0 Å². The fourth-order valence-corrected chi connectivity index (χ4v) is 3.62. The first-order valence-corrected chi connectivity index (χ1v) is 7.93. The summed E-state index contributed by atoms with van der Waals surface area (Å²) in [5, 5.41) is 0. The standard InChI is InChI=1S/C10H14BrNOS2/c1-2-14-5-6-15(13)10-4-3-8(11)7-9(10)12/h3-4,7H,2,5-6,12H2,1H3. The van der Waals surface area contributed by atoms with Gasteiger partial charge in [0.05, 0.1) is 15.7 Å². The Morgan fingerprint density at radius 3 is 2.87 bits per heavy atom. The molecule has 0 fully saturated rings. The first kappa shape index (κ1) is 13.1. The molecule has 0 aromatic heterocycles. The number of hydrogen-bond acceptors (Lipinski definition) is 3. The van der Waals surface area contributed by atoms with Crippen LogP contribution in [-0.4, -0.2) is 21.5 Å². The van der Waals surface area contributed by atoms with E-state index in [1.165, 1.54) is 0 Å². The van der Waals surface area contributed by atoms with Crippen molar-refractivity contribution in [1.29, 1.82) is 0 Å². The molecule has 0 spiro atoms. The molecule has 1 aromatic carbocycles. The zero-order valence-electron chi connectivity index (χ0n) is 8.53. The molecule has 0 amide bonds. The van der Waals surface area contributed by atoms with E-state index in [2.05, 4.69) is 22.9 Å². The van der Waals surface area contributed by atoms with Crippen LogP contribution in [0.3, 0.4) is 0 Å². The molecule has 0 saturated carbocycles. The Labute approximate surface area is 106 Å². The van der Waals surface area contributed by atoms with Crippen molar-refractivity contribution in [2.75, 3.05) is 23.0 Å². The fraction of sp³-hybridized carbons (Fsp3) is 0.400. The molecule has 2 nitrogen and oxygen atoms in total. The maximum Gasteiger partial charge on any atom is 0.0618 e. The van der Waals surface area contributed by atoms with Gasteiger partial charge in [0.1, 0.15) is 0 Å². The molecule has 2 N–H and O–H groups in total. The van der Waals surface area contributed by atoms with E-state index in [1.54, 1.807) is 17.8 Å². The number of thioether (sulfide) groups is 1. The van der Waals surface area contributed by atoms with E-state index in [4.69, 9.17) is 5.73 Å². The highest BCUT2D eigenvalue weighted by Gasteiger charge is 2.07. The van der Waals surface area contributed by atoms with Gasteiger partial charge in [-0.1, -0.05) is 22.9 Å². The van der Waals surface area contributed by atoms with Crippen LogP contribution < -0.4 is 5.73 Å². The lowest BCUT2D eigenvalue weighted by Crippen LogP contribution is -2.04. The number of anilines is 1. The topological polar surface area (TPSA) is 43.1 Å². The van der Waals surface area contributed by atoms with Gasteiger partial charge >= 0.3 is 0 Å². The quantitative estimate of drug-likeness (QED) is 0.672. The van der Waals surface area contributed by atoms with Crippen LogP contribution >= 0.6 is 27.7 Å². The number of halogens is 1. The molecule has 0 bridgehead atoms. The van der Waals surface area contributed by atoms with Crippen LogP contribution in [0.25, 0.3) is 0 Å². The van der Waals surface area contributed by atoms with Crippen molar-refractivity contribution in [2.45, 2.75) is 11.8 Å². The van der Waals surface area contributed by atoms with Crippen LogP contribution in [0.1, 0.15) is 6.92 Å². The number of nitrogen functional groups attached to an aromatic ring is 1. The molecule has 0 aliphatic rings. The monoisotopic (exact) mass is 307 g/mol. The lowest BCUT2D eigenvalue weighted by atomic mass is 10.3. The van der Waals surface area contributed by atoms with Crippen LogP contribution in [0.4, 0.5) is 5.69 Å². The van der Waals surface area contributed by atoms with Crippen molar-refractivity contribution < 1.29 is 4.21 Å². The van der Waals surface area contributed by atoms with Crippen molar-refractivity contribution in [3.8, 4) is 0 Å². The zero-order valence-corrected chi connectivity index (χ0v) is 11.8. The minimum atomic E-state index is -0.971. The van der Waals surface area contributed by atoms with Gasteiger partial charge < -0.3 is 5.73 Å².